The van der Waals surface area contributed by atoms with Crippen LogP contribution in [0.4, 0.5) is 0 Å². The standard InChI is InChI=1S/C26H18N4O2/c31-26-28-23-12-2-4-14-25(23)30(26)19-8-6-10-21(16-19)32-20-9-5-7-18(15-20)29-17-27-22-11-1-3-13-24(22)29/h1-17H,(H,28,31)/p+1. The molecule has 0 fully saturated rings. The summed E-state index contributed by atoms with van der Waals surface area (Å²) in [6.45, 7) is 0. The largest absolute Gasteiger partial charge is 0.457 e. The molecule has 6 nitrogen and oxygen atoms in total. The second-order valence-corrected chi connectivity index (χ2v) is 7.54. The molecule has 0 aliphatic heterocycles. The number of ether oxygens (including phenoxy) is 1. The van der Waals surface area contributed by atoms with E-state index in [4.69, 9.17) is 4.74 Å². The molecule has 0 atom stereocenters. The number of aromatic nitrogens is 4. The molecule has 4 aromatic carbocycles. The Morgan fingerprint density at radius 1 is 0.750 bits per heavy atom. The van der Waals surface area contributed by atoms with Crippen LogP contribution in [0.1, 0.15) is 0 Å². The fourth-order valence-electron chi connectivity index (χ4n) is 4.05. The minimum Gasteiger partial charge on any atom is -0.457 e. The van der Waals surface area contributed by atoms with Crippen LogP contribution in [-0.2, 0) is 0 Å². The van der Waals surface area contributed by atoms with E-state index in [1.165, 1.54) is 0 Å². The smallest absolute Gasteiger partial charge is 0.331 e. The van der Waals surface area contributed by atoms with E-state index in [2.05, 4.69) is 20.6 Å². The molecule has 32 heavy (non-hydrogen) atoms. The van der Waals surface area contributed by atoms with Crippen molar-refractivity contribution in [3.8, 4) is 22.9 Å². The average Bonchev–Trinajstić information content (AvgIpc) is 3.40. The Morgan fingerprint density at radius 2 is 1.50 bits per heavy atom. The molecule has 0 aliphatic rings. The van der Waals surface area contributed by atoms with E-state index < -0.39 is 0 Å². The quantitative estimate of drug-likeness (QED) is 0.401. The number of H-pyrrole nitrogens is 2. The van der Waals surface area contributed by atoms with Crippen molar-refractivity contribution in [3.63, 3.8) is 0 Å². The summed E-state index contributed by atoms with van der Waals surface area (Å²) in [6, 6.07) is 31.2. The number of benzene rings is 4. The van der Waals surface area contributed by atoms with E-state index in [0.717, 1.165) is 33.4 Å². The number of hydrogen-bond donors (Lipinski definition) is 2. The van der Waals surface area contributed by atoms with Gasteiger partial charge < -0.3 is 9.72 Å². The molecule has 2 aromatic heterocycles. The van der Waals surface area contributed by atoms with Crippen molar-refractivity contribution in [3.05, 3.63) is 114 Å². The zero-order chi connectivity index (χ0) is 21.5. The van der Waals surface area contributed by atoms with Gasteiger partial charge in [-0.2, -0.15) is 4.57 Å². The van der Waals surface area contributed by atoms with Crippen molar-refractivity contribution in [2.75, 3.05) is 0 Å². The monoisotopic (exact) mass is 419 g/mol. The normalized spacial score (nSPS) is 11.2. The molecule has 0 spiro atoms. The molecule has 2 heterocycles. The van der Waals surface area contributed by atoms with Gasteiger partial charge in [-0.1, -0.05) is 36.4 Å². The van der Waals surface area contributed by atoms with Crippen LogP contribution in [0.2, 0.25) is 0 Å². The fraction of sp³-hybridized carbons (Fsp3) is 0. The second kappa shape index (κ2) is 7.28. The molecular formula is C26H19N4O2+. The van der Waals surface area contributed by atoms with Gasteiger partial charge in [0.1, 0.15) is 17.2 Å². The number of imidazole rings is 2. The third-order valence-electron chi connectivity index (χ3n) is 5.51. The third kappa shape index (κ3) is 3.06. The number of nitrogens with zero attached hydrogens (tertiary/aromatic N) is 2. The molecule has 6 aromatic rings. The van der Waals surface area contributed by atoms with Gasteiger partial charge in [0.2, 0.25) is 6.33 Å². The first kappa shape index (κ1) is 18.2. The van der Waals surface area contributed by atoms with Gasteiger partial charge in [-0.05, 0) is 48.5 Å². The number of nitrogens with one attached hydrogen (secondary N) is 2. The van der Waals surface area contributed by atoms with Gasteiger partial charge in [0.15, 0.2) is 11.0 Å². The van der Waals surface area contributed by atoms with Crippen LogP contribution in [0.25, 0.3) is 33.4 Å². The molecule has 154 valence electrons. The minimum absolute atomic E-state index is 0.180. The predicted molar refractivity (Wildman–Crippen MR) is 124 cm³/mol. The van der Waals surface area contributed by atoms with Crippen LogP contribution in [0, 0.1) is 0 Å². The SMILES string of the molecule is O=c1[nH]c2ccccc2n1-c1cccc(Oc2cccc(-[n+]3c[nH]c4ccccc43)c2)c1. The summed E-state index contributed by atoms with van der Waals surface area (Å²) in [6.07, 6.45) is 1.94. The lowest BCUT2D eigenvalue weighted by Crippen LogP contribution is -2.28. The summed E-state index contributed by atoms with van der Waals surface area (Å²) >= 11 is 0. The summed E-state index contributed by atoms with van der Waals surface area (Å²) in [5, 5.41) is 0. The maximum atomic E-state index is 12.6. The first-order valence-electron chi connectivity index (χ1n) is 10.3. The van der Waals surface area contributed by atoms with Gasteiger partial charge in [-0.3, -0.25) is 4.57 Å². The van der Waals surface area contributed by atoms with Crippen LogP contribution < -0.4 is 15.0 Å². The van der Waals surface area contributed by atoms with Gasteiger partial charge >= 0.3 is 5.69 Å². The predicted octanol–water partition coefficient (Wildman–Crippen LogP) is 4.87. The topological polar surface area (TPSA) is 66.7 Å². The summed E-state index contributed by atoms with van der Waals surface area (Å²) < 4.78 is 9.91. The summed E-state index contributed by atoms with van der Waals surface area (Å²) in [4.78, 5) is 18.7. The minimum atomic E-state index is -0.180. The lowest BCUT2D eigenvalue weighted by molar-refractivity contribution is -0.567. The number of aromatic amines is 2. The van der Waals surface area contributed by atoms with Gasteiger partial charge in [-0.25, -0.2) is 9.78 Å². The summed E-state index contributed by atoms with van der Waals surface area (Å²) in [5.41, 5.74) is 5.33. The van der Waals surface area contributed by atoms with Crippen LogP contribution in [-0.4, -0.2) is 14.5 Å². The summed E-state index contributed by atoms with van der Waals surface area (Å²) in [5.74, 6) is 1.37. The first-order chi connectivity index (χ1) is 15.8. The van der Waals surface area contributed by atoms with E-state index >= 15 is 0 Å². The van der Waals surface area contributed by atoms with E-state index in [0.29, 0.717) is 11.5 Å². The number of para-hydroxylation sites is 4. The van der Waals surface area contributed by atoms with Crippen molar-refractivity contribution in [2.45, 2.75) is 0 Å². The lowest BCUT2D eigenvalue weighted by Gasteiger charge is -2.09. The highest BCUT2D eigenvalue weighted by Gasteiger charge is 2.13. The van der Waals surface area contributed by atoms with Crippen molar-refractivity contribution in [1.29, 1.82) is 0 Å². The highest BCUT2D eigenvalue weighted by molar-refractivity contribution is 5.77. The Morgan fingerprint density at radius 3 is 2.41 bits per heavy atom. The highest BCUT2D eigenvalue weighted by Crippen LogP contribution is 2.26. The molecule has 6 rings (SSSR count). The average molecular weight is 419 g/mol. The zero-order valence-electron chi connectivity index (χ0n) is 17.0. The van der Waals surface area contributed by atoms with Crippen LogP contribution in [0.15, 0.2) is 108 Å². The van der Waals surface area contributed by atoms with Crippen LogP contribution in [0.3, 0.4) is 0 Å². The maximum absolute atomic E-state index is 12.6. The van der Waals surface area contributed by atoms with Gasteiger partial charge in [-0.15, -0.1) is 0 Å². The number of hydrogen-bond acceptors (Lipinski definition) is 2. The molecule has 6 heteroatoms. The van der Waals surface area contributed by atoms with E-state index in [9.17, 15) is 4.79 Å². The zero-order valence-corrected chi connectivity index (χ0v) is 17.0. The lowest BCUT2D eigenvalue weighted by atomic mass is 10.2. The molecule has 0 unspecified atom stereocenters. The van der Waals surface area contributed by atoms with Gasteiger partial charge in [0.05, 0.1) is 16.7 Å². The molecule has 0 radical (unpaired) electrons. The van der Waals surface area contributed by atoms with E-state index in [1.807, 2.05) is 97.3 Å². The molecule has 2 N–H and O–H groups in total. The maximum Gasteiger partial charge on any atom is 0.331 e. The van der Waals surface area contributed by atoms with Crippen molar-refractivity contribution >= 4 is 22.1 Å². The Labute approximate surface area is 183 Å². The van der Waals surface area contributed by atoms with Crippen molar-refractivity contribution in [2.24, 2.45) is 0 Å². The fourth-order valence-corrected chi connectivity index (χ4v) is 4.05. The van der Waals surface area contributed by atoms with Gasteiger partial charge in [0.25, 0.3) is 0 Å². The molecule has 0 amide bonds. The first-order valence-corrected chi connectivity index (χ1v) is 10.3. The Bertz CT molecular complexity index is 1640. The van der Waals surface area contributed by atoms with Crippen molar-refractivity contribution in [1.82, 2.24) is 14.5 Å². The Kier molecular flexibility index (Phi) is 4.14. The molecular weight excluding hydrogens is 400 g/mol. The third-order valence-corrected chi connectivity index (χ3v) is 5.51. The van der Waals surface area contributed by atoms with E-state index in [1.54, 1.807) is 4.57 Å². The number of fused-ring (bicyclic) bond motifs is 2. The molecule has 0 saturated heterocycles. The molecule has 0 bridgehead atoms. The summed E-state index contributed by atoms with van der Waals surface area (Å²) in [7, 11) is 0. The molecule has 0 aliphatic carbocycles. The Balaban J connectivity index is 1.36. The Hall–Kier alpha value is -4.58. The van der Waals surface area contributed by atoms with E-state index in [-0.39, 0.29) is 5.69 Å². The van der Waals surface area contributed by atoms with Crippen molar-refractivity contribution < 1.29 is 9.30 Å². The van der Waals surface area contributed by atoms with Crippen LogP contribution in [0.5, 0.6) is 11.5 Å². The van der Waals surface area contributed by atoms with Gasteiger partial charge in [0, 0.05) is 12.1 Å². The number of rotatable bonds is 4. The molecule has 0 saturated carbocycles. The van der Waals surface area contributed by atoms with Crippen LogP contribution >= 0.6 is 0 Å². The highest BCUT2D eigenvalue weighted by atomic mass is 16.5. The second-order valence-electron chi connectivity index (χ2n) is 7.54.